The van der Waals surface area contributed by atoms with Crippen LogP contribution in [0.2, 0.25) is 5.02 Å². The Hall–Kier alpha value is -1.19. The molecule has 0 aromatic heterocycles. The Morgan fingerprint density at radius 3 is 2.33 bits per heavy atom. The molecule has 18 heavy (non-hydrogen) atoms. The van der Waals surface area contributed by atoms with Crippen LogP contribution in [0.5, 0.6) is 0 Å². The largest absolute Gasteiger partial charge is 0.295 e. The Bertz CT molecular complexity index is 608. The lowest BCUT2D eigenvalue weighted by atomic mass is 10.0. The molecule has 2 aromatic rings. The van der Waals surface area contributed by atoms with Gasteiger partial charge in [-0.15, -0.1) is 0 Å². The van der Waals surface area contributed by atoms with E-state index in [-0.39, 0.29) is 10.8 Å². The molecular formula is C14H9BrClFO. The van der Waals surface area contributed by atoms with Crippen molar-refractivity contribution in [3.63, 3.8) is 0 Å². The Morgan fingerprint density at radius 2 is 1.78 bits per heavy atom. The Morgan fingerprint density at radius 1 is 1.17 bits per heavy atom. The number of carbonyl (C=O) groups excluding carboxylic acids is 1. The van der Waals surface area contributed by atoms with E-state index in [1.54, 1.807) is 36.4 Å². The van der Waals surface area contributed by atoms with Gasteiger partial charge in [-0.3, -0.25) is 4.79 Å². The molecule has 2 aromatic carbocycles. The Balaban J connectivity index is 2.49. The SMILES string of the molecule is CC(=O)c1ccc(-c2ccc(Br)c(Cl)c2F)cc1. The fraction of sp³-hybridized carbons (Fsp3) is 0.0714. The summed E-state index contributed by atoms with van der Waals surface area (Å²) < 4.78 is 14.5. The first-order valence-corrected chi connectivity index (χ1v) is 6.42. The average molecular weight is 328 g/mol. The fourth-order valence-electron chi connectivity index (χ4n) is 1.63. The molecule has 4 heteroatoms. The minimum Gasteiger partial charge on any atom is -0.295 e. The third-order valence-electron chi connectivity index (χ3n) is 2.64. The van der Waals surface area contributed by atoms with Gasteiger partial charge < -0.3 is 0 Å². The molecule has 0 atom stereocenters. The van der Waals surface area contributed by atoms with Gasteiger partial charge in [0.25, 0.3) is 0 Å². The van der Waals surface area contributed by atoms with Gasteiger partial charge in [0.2, 0.25) is 0 Å². The number of rotatable bonds is 2. The van der Waals surface area contributed by atoms with Gasteiger partial charge in [0, 0.05) is 15.6 Å². The predicted octanol–water partition coefficient (Wildman–Crippen LogP) is 5.11. The minimum atomic E-state index is -0.471. The van der Waals surface area contributed by atoms with Gasteiger partial charge in [-0.1, -0.05) is 41.9 Å². The molecule has 1 nitrogen and oxygen atoms in total. The van der Waals surface area contributed by atoms with Gasteiger partial charge in [0.15, 0.2) is 11.6 Å². The Kier molecular flexibility index (Phi) is 3.83. The van der Waals surface area contributed by atoms with E-state index in [0.29, 0.717) is 21.2 Å². The van der Waals surface area contributed by atoms with Gasteiger partial charge in [-0.25, -0.2) is 4.39 Å². The first-order valence-electron chi connectivity index (χ1n) is 5.25. The van der Waals surface area contributed by atoms with Crippen molar-refractivity contribution in [1.29, 1.82) is 0 Å². The quantitative estimate of drug-likeness (QED) is 0.553. The number of hydrogen-bond acceptors (Lipinski definition) is 1. The number of carbonyl (C=O) groups is 1. The smallest absolute Gasteiger partial charge is 0.159 e. The molecule has 0 aliphatic carbocycles. The highest BCUT2D eigenvalue weighted by molar-refractivity contribution is 9.10. The summed E-state index contributed by atoms with van der Waals surface area (Å²) in [6.45, 7) is 1.49. The topological polar surface area (TPSA) is 17.1 Å². The lowest BCUT2D eigenvalue weighted by molar-refractivity contribution is 0.101. The van der Waals surface area contributed by atoms with Crippen molar-refractivity contribution in [3.8, 4) is 11.1 Å². The summed E-state index contributed by atoms with van der Waals surface area (Å²) in [5, 5.41) is 0.0585. The van der Waals surface area contributed by atoms with Crippen LogP contribution in [0.3, 0.4) is 0 Å². The van der Waals surface area contributed by atoms with Crippen molar-refractivity contribution in [2.24, 2.45) is 0 Å². The van der Waals surface area contributed by atoms with E-state index in [4.69, 9.17) is 11.6 Å². The summed E-state index contributed by atoms with van der Waals surface area (Å²) in [5.41, 5.74) is 1.70. The second kappa shape index (κ2) is 5.21. The molecule has 0 amide bonds. The highest BCUT2D eigenvalue weighted by Crippen LogP contribution is 2.33. The monoisotopic (exact) mass is 326 g/mol. The molecular weight excluding hydrogens is 319 g/mol. The van der Waals surface area contributed by atoms with E-state index >= 15 is 0 Å². The first-order chi connectivity index (χ1) is 8.50. The molecule has 0 unspecified atom stereocenters. The highest BCUT2D eigenvalue weighted by atomic mass is 79.9. The highest BCUT2D eigenvalue weighted by Gasteiger charge is 2.12. The summed E-state index contributed by atoms with van der Waals surface area (Å²) >= 11 is 9.01. The predicted molar refractivity (Wildman–Crippen MR) is 74.6 cm³/mol. The van der Waals surface area contributed by atoms with Crippen LogP contribution >= 0.6 is 27.5 Å². The third kappa shape index (κ3) is 2.47. The third-order valence-corrected chi connectivity index (χ3v) is 3.90. The van der Waals surface area contributed by atoms with Crippen molar-refractivity contribution >= 4 is 33.3 Å². The van der Waals surface area contributed by atoms with Crippen molar-refractivity contribution in [2.75, 3.05) is 0 Å². The number of halogens is 3. The molecule has 0 fully saturated rings. The maximum Gasteiger partial charge on any atom is 0.159 e. The first kappa shape index (κ1) is 13.2. The van der Waals surface area contributed by atoms with E-state index in [1.165, 1.54) is 6.92 Å². The van der Waals surface area contributed by atoms with E-state index in [2.05, 4.69) is 15.9 Å². The molecule has 0 saturated carbocycles. The van der Waals surface area contributed by atoms with E-state index in [0.717, 1.165) is 0 Å². The van der Waals surface area contributed by atoms with E-state index < -0.39 is 5.82 Å². The van der Waals surface area contributed by atoms with Crippen molar-refractivity contribution in [3.05, 3.63) is 57.3 Å². The molecule has 0 radical (unpaired) electrons. The van der Waals surface area contributed by atoms with Crippen molar-refractivity contribution < 1.29 is 9.18 Å². The van der Waals surface area contributed by atoms with Gasteiger partial charge in [-0.05, 0) is 34.5 Å². The van der Waals surface area contributed by atoms with Crippen LogP contribution < -0.4 is 0 Å². The van der Waals surface area contributed by atoms with Gasteiger partial charge in [0.1, 0.15) is 0 Å². The van der Waals surface area contributed by atoms with Crippen LogP contribution in [-0.4, -0.2) is 5.78 Å². The zero-order valence-corrected chi connectivity index (χ0v) is 11.8. The number of benzene rings is 2. The summed E-state index contributed by atoms with van der Waals surface area (Å²) in [7, 11) is 0. The van der Waals surface area contributed by atoms with Crippen molar-refractivity contribution in [2.45, 2.75) is 6.92 Å². The molecule has 92 valence electrons. The second-order valence-electron chi connectivity index (χ2n) is 3.86. The van der Waals surface area contributed by atoms with Gasteiger partial charge >= 0.3 is 0 Å². The van der Waals surface area contributed by atoms with Crippen LogP contribution in [0.1, 0.15) is 17.3 Å². The fourth-order valence-corrected chi connectivity index (χ4v) is 2.10. The molecule has 0 bridgehead atoms. The summed E-state index contributed by atoms with van der Waals surface area (Å²) in [6.07, 6.45) is 0. The normalized spacial score (nSPS) is 10.4. The number of ketones is 1. The standard InChI is InChI=1S/C14H9BrClFO/c1-8(18)9-2-4-10(5-3-9)11-6-7-12(15)13(16)14(11)17/h2-7H,1H3. The molecule has 0 aliphatic heterocycles. The maximum atomic E-state index is 14.0. The van der Waals surface area contributed by atoms with E-state index in [9.17, 15) is 9.18 Å². The van der Waals surface area contributed by atoms with Crippen LogP contribution in [-0.2, 0) is 0 Å². The zero-order valence-electron chi connectivity index (χ0n) is 9.51. The molecule has 2 rings (SSSR count). The van der Waals surface area contributed by atoms with Crippen LogP contribution in [0.15, 0.2) is 40.9 Å². The number of Topliss-reactive ketones (excluding diaryl/α,β-unsaturated/α-hetero) is 1. The second-order valence-corrected chi connectivity index (χ2v) is 5.09. The number of hydrogen-bond donors (Lipinski definition) is 0. The van der Waals surface area contributed by atoms with Crippen molar-refractivity contribution in [1.82, 2.24) is 0 Å². The van der Waals surface area contributed by atoms with Crippen LogP contribution in [0, 0.1) is 5.82 Å². The zero-order chi connectivity index (χ0) is 13.3. The van der Waals surface area contributed by atoms with Gasteiger partial charge in [-0.2, -0.15) is 0 Å². The molecule has 0 N–H and O–H groups in total. The maximum absolute atomic E-state index is 14.0. The average Bonchev–Trinajstić information content (AvgIpc) is 2.36. The Labute approximate surface area is 118 Å². The lowest BCUT2D eigenvalue weighted by Gasteiger charge is -2.07. The van der Waals surface area contributed by atoms with Crippen LogP contribution in [0.4, 0.5) is 4.39 Å². The molecule has 0 saturated heterocycles. The summed E-state index contributed by atoms with van der Waals surface area (Å²) in [6, 6.07) is 10.1. The van der Waals surface area contributed by atoms with Crippen LogP contribution in [0.25, 0.3) is 11.1 Å². The van der Waals surface area contributed by atoms with Gasteiger partial charge in [0.05, 0.1) is 5.02 Å². The summed E-state index contributed by atoms with van der Waals surface area (Å²) in [4.78, 5) is 11.2. The summed E-state index contributed by atoms with van der Waals surface area (Å²) in [5.74, 6) is -0.488. The minimum absolute atomic E-state index is 0.0177. The molecule has 0 aliphatic rings. The molecule has 0 heterocycles. The lowest BCUT2D eigenvalue weighted by Crippen LogP contribution is -1.92. The molecule has 0 spiro atoms. The van der Waals surface area contributed by atoms with E-state index in [1.807, 2.05) is 0 Å².